The van der Waals surface area contributed by atoms with Crippen LogP contribution in [-0.2, 0) is 17.5 Å². The van der Waals surface area contributed by atoms with E-state index in [0.29, 0.717) is 11.3 Å². The number of hydrogen-bond acceptors (Lipinski definition) is 3. The number of ether oxygens (including phenoxy) is 1. The second-order valence-electron chi connectivity index (χ2n) is 5.33. The number of hydrogen-bond donors (Lipinski definition) is 2. The van der Waals surface area contributed by atoms with Crippen LogP contribution in [0.3, 0.4) is 0 Å². The lowest BCUT2D eigenvalue weighted by atomic mass is 10.1. The quantitative estimate of drug-likeness (QED) is 0.826. The molecule has 2 aromatic rings. The van der Waals surface area contributed by atoms with Crippen molar-refractivity contribution in [1.29, 1.82) is 0 Å². The fraction of sp³-hybridized carbons (Fsp3) is 0.222. The van der Waals surface area contributed by atoms with Crippen molar-refractivity contribution in [2.24, 2.45) is 0 Å². The molecule has 8 heteroatoms. The van der Waals surface area contributed by atoms with E-state index >= 15 is 0 Å². The summed E-state index contributed by atoms with van der Waals surface area (Å²) in [5.74, 6) is -0.617. The van der Waals surface area contributed by atoms with Crippen LogP contribution in [0.5, 0.6) is 5.75 Å². The van der Waals surface area contributed by atoms with E-state index in [2.05, 4.69) is 10.6 Å². The Morgan fingerprint density at radius 2 is 1.69 bits per heavy atom. The molecule has 2 amide bonds. The molecule has 2 N–H and O–H groups in total. The molecular weight excluding hydrogens is 349 g/mol. The van der Waals surface area contributed by atoms with Crippen molar-refractivity contribution >= 4 is 11.8 Å². The van der Waals surface area contributed by atoms with Gasteiger partial charge in [0.25, 0.3) is 11.8 Å². The summed E-state index contributed by atoms with van der Waals surface area (Å²) >= 11 is 0. The Hall–Kier alpha value is -3.03. The first kappa shape index (κ1) is 19.3. The van der Waals surface area contributed by atoms with Gasteiger partial charge in [-0.25, -0.2) is 0 Å². The van der Waals surface area contributed by atoms with Crippen LogP contribution in [0.1, 0.15) is 21.5 Å². The van der Waals surface area contributed by atoms with Gasteiger partial charge < -0.3 is 15.4 Å². The van der Waals surface area contributed by atoms with E-state index in [0.717, 1.165) is 12.1 Å². The molecule has 0 saturated heterocycles. The van der Waals surface area contributed by atoms with Crippen molar-refractivity contribution in [3.8, 4) is 5.75 Å². The Kier molecular flexibility index (Phi) is 6.21. The minimum atomic E-state index is -4.60. The van der Waals surface area contributed by atoms with Crippen LogP contribution in [-0.4, -0.2) is 25.5 Å². The van der Waals surface area contributed by atoms with Crippen LogP contribution in [0.4, 0.5) is 13.2 Å². The second kappa shape index (κ2) is 8.37. The standard InChI is InChI=1S/C18H17F3N2O3/c1-22-16(24)11-26-13-8-6-12(7-9-13)10-23-17(25)14-4-2-3-5-15(14)18(19,20)21/h2-9H,10-11H2,1H3,(H,22,24)(H,23,25). The van der Waals surface area contributed by atoms with Gasteiger partial charge in [-0.3, -0.25) is 9.59 Å². The highest BCUT2D eigenvalue weighted by Crippen LogP contribution is 2.31. The van der Waals surface area contributed by atoms with Gasteiger partial charge >= 0.3 is 6.18 Å². The number of nitrogens with one attached hydrogen (secondary N) is 2. The van der Waals surface area contributed by atoms with Gasteiger partial charge in [0, 0.05) is 13.6 Å². The van der Waals surface area contributed by atoms with Crippen LogP contribution in [0.2, 0.25) is 0 Å². The molecule has 0 aromatic heterocycles. The van der Waals surface area contributed by atoms with E-state index in [1.54, 1.807) is 24.3 Å². The molecule has 0 aliphatic heterocycles. The van der Waals surface area contributed by atoms with Gasteiger partial charge in [0.15, 0.2) is 6.61 Å². The predicted molar refractivity (Wildman–Crippen MR) is 88.6 cm³/mol. The topological polar surface area (TPSA) is 67.4 Å². The SMILES string of the molecule is CNC(=O)COc1ccc(CNC(=O)c2ccccc2C(F)(F)F)cc1. The van der Waals surface area contributed by atoms with E-state index in [9.17, 15) is 22.8 Å². The third kappa shape index (κ3) is 5.23. The lowest BCUT2D eigenvalue weighted by Gasteiger charge is -2.13. The van der Waals surface area contributed by atoms with Crippen LogP contribution < -0.4 is 15.4 Å². The van der Waals surface area contributed by atoms with E-state index < -0.39 is 23.2 Å². The Labute approximate surface area is 148 Å². The smallest absolute Gasteiger partial charge is 0.417 e. The van der Waals surface area contributed by atoms with Crippen molar-refractivity contribution < 1.29 is 27.5 Å². The minimum absolute atomic E-state index is 0.0563. The third-order valence-electron chi connectivity index (χ3n) is 3.50. The largest absolute Gasteiger partial charge is 0.484 e. The number of alkyl halides is 3. The molecule has 138 valence electrons. The van der Waals surface area contributed by atoms with E-state index in [-0.39, 0.29) is 19.1 Å². The van der Waals surface area contributed by atoms with Gasteiger partial charge in [-0.2, -0.15) is 13.2 Å². The molecule has 0 unspecified atom stereocenters. The Balaban J connectivity index is 1.97. The fourth-order valence-electron chi connectivity index (χ4n) is 2.13. The summed E-state index contributed by atoms with van der Waals surface area (Å²) < 4.78 is 44.1. The van der Waals surface area contributed by atoms with E-state index in [1.165, 1.54) is 19.2 Å². The Morgan fingerprint density at radius 3 is 2.31 bits per heavy atom. The summed E-state index contributed by atoms with van der Waals surface area (Å²) in [5.41, 5.74) is -0.726. The summed E-state index contributed by atoms with van der Waals surface area (Å²) in [7, 11) is 1.49. The maximum absolute atomic E-state index is 12.9. The van der Waals surface area contributed by atoms with Crippen LogP contribution >= 0.6 is 0 Å². The number of benzene rings is 2. The molecule has 0 aliphatic carbocycles. The first-order chi connectivity index (χ1) is 12.3. The highest BCUT2D eigenvalue weighted by atomic mass is 19.4. The lowest BCUT2D eigenvalue weighted by Crippen LogP contribution is -2.26. The van der Waals surface area contributed by atoms with Crippen molar-refractivity contribution in [2.75, 3.05) is 13.7 Å². The normalized spacial score (nSPS) is 10.9. The van der Waals surface area contributed by atoms with Gasteiger partial charge in [-0.1, -0.05) is 24.3 Å². The molecule has 2 aromatic carbocycles. The van der Waals surface area contributed by atoms with Gasteiger partial charge in [0.05, 0.1) is 11.1 Å². The molecule has 0 aliphatic rings. The zero-order valence-electron chi connectivity index (χ0n) is 13.9. The number of likely N-dealkylation sites (N-methyl/N-ethyl adjacent to an activating group) is 1. The highest BCUT2D eigenvalue weighted by Gasteiger charge is 2.34. The summed E-state index contributed by atoms with van der Waals surface area (Å²) in [4.78, 5) is 23.2. The monoisotopic (exact) mass is 366 g/mol. The van der Waals surface area contributed by atoms with Gasteiger partial charge in [-0.05, 0) is 29.8 Å². The van der Waals surface area contributed by atoms with Crippen molar-refractivity contribution in [2.45, 2.75) is 12.7 Å². The summed E-state index contributed by atoms with van der Waals surface area (Å²) in [5, 5.41) is 4.88. The molecule has 0 atom stereocenters. The first-order valence-corrected chi connectivity index (χ1v) is 7.68. The fourth-order valence-corrected chi connectivity index (χ4v) is 2.13. The molecule has 5 nitrogen and oxygen atoms in total. The third-order valence-corrected chi connectivity index (χ3v) is 3.50. The van der Waals surface area contributed by atoms with Crippen molar-refractivity contribution in [1.82, 2.24) is 10.6 Å². The molecule has 0 saturated carbocycles. The average molecular weight is 366 g/mol. The molecule has 0 bridgehead atoms. The van der Waals surface area contributed by atoms with Gasteiger partial charge in [0.2, 0.25) is 0 Å². The van der Waals surface area contributed by atoms with Crippen molar-refractivity contribution in [3.63, 3.8) is 0 Å². The van der Waals surface area contributed by atoms with E-state index in [4.69, 9.17) is 4.74 Å². The molecule has 0 spiro atoms. The summed E-state index contributed by atoms with van der Waals surface area (Å²) in [6, 6.07) is 11.1. The number of amides is 2. The molecule has 26 heavy (non-hydrogen) atoms. The van der Waals surface area contributed by atoms with Gasteiger partial charge in [0.1, 0.15) is 5.75 Å². The molecule has 0 fully saturated rings. The number of carbonyl (C=O) groups excluding carboxylic acids is 2. The highest BCUT2D eigenvalue weighted by molar-refractivity contribution is 5.95. The van der Waals surface area contributed by atoms with Crippen LogP contribution in [0.25, 0.3) is 0 Å². The maximum Gasteiger partial charge on any atom is 0.417 e. The zero-order chi connectivity index (χ0) is 19.2. The number of carbonyl (C=O) groups is 2. The van der Waals surface area contributed by atoms with E-state index in [1.807, 2.05) is 0 Å². The molecular formula is C18H17F3N2O3. The Bertz CT molecular complexity index is 774. The van der Waals surface area contributed by atoms with Gasteiger partial charge in [-0.15, -0.1) is 0 Å². The lowest BCUT2D eigenvalue weighted by molar-refractivity contribution is -0.138. The van der Waals surface area contributed by atoms with Crippen molar-refractivity contribution in [3.05, 3.63) is 65.2 Å². The average Bonchev–Trinajstić information content (AvgIpc) is 2.64. The number of halogens is 3. The maximum atomic E-state index is 12.9. The summed E-state index contributed by atoms with van der Waals surface area (Å²) in [6.07, 6.45) is -4.60. The van der Waals surface area contributed by atoms with Crippen LogP contribution in [0, 0.1) is 0 Å². The Morgan fingerprint density at radius 1 is 1.04 bits per heavy atom. The first-order valence-electron chi connectivity index (χ1n) is 7.68. The minimum Gasteiger partial charge on any atom is -0.484 e. The molecule has 0 heterocycles. The number of rotatable bonds is 6. The molecule has 2 rings (SSSR count). The second-order valence-corrected chi connectivity index (χ2v) is 5.33. The zero-order valence-corrected chi connectivity index (χ0v) is 13.9. The molecule has 0 radical (unpaired) electrons. The predicted octanol–water partition coefficient (Wildman–Crippen LogP) is 2.76. The summed E-state index contributed by atoms with van der Waals surface area (Å²) in [6.45, 7) is -0.0679. The van der Waals surface area contributed by atoms with Crippen LogP contribution in [0.15, 0.2) is 48.5 Å².